The third-order valence-corrected chi connectivity index (χ3v) is 2.71. The van der Waals surface area contributed by atoms with Crippen LogP contribution >= 0.6 is 0 Å². The molecule has 0 spiro atoms. The molecule has 0 aliphatic carbocycles. The number of aliphatic hydroxyl groups is 2. The van der Waals surface area contributed by atoms with Crippen LogP contribution in [0.3, 0.4) is 0 Å². The number of carboxylic acids is 1. The molecule has 1 aromatic carbocycles. The van der Waals surface area contributed by atoms with Gasteiger partial charge in [-0.15, -0.1) is 0 Å². The number of rotatable bonds is 3. The zero-order valence-electron chi connectivity index (χ0n) is 8.75. The minimum Gasteiger partial charge on any atom is -0.479 e. The predicted octanol–water partition coefficient (Wildman–Crippen LogP) is -0.591. The zero-order valence-corrected chi connectivity index (χ0v) is 8.75. The number of carbonyl (C=O) groups excluding carboxylic acids is 1. The molecule has 90 valence electrons. The molecule has 2 atom stereocenters. The number of aliphatic hydroxyl groups excluding tert-OH is 2. The van der Waals surface area contributed by atoms with Crippen molar-refractivity contribution in [3.63, 3.8) is 0 Å². The Balaban J connectivity index is 2.32. The SMILES string of the molecule is O=C1NCc2ccc(C(O)C(O)C(=O)O)cc21. The zero-order chi connectivity index (χ0) is 12.6. The van der Waals surface area contributed by atoms with Crippen molar-refractivity contribution in [2.75, 3.05) is 0 Å². The number of nitrogens with one attached hydrogen (secondary N) is 1. The van der Waals surface area contributed by atoms with Crippen molar-refractivity contribution in [1.29, 1.82) is 0 Å². The van der Waals surface area contributed by atoms with Crippen LogP contribution in [-0.2, 0) is 11.3 Å². The number of hydrogen-bond acceptors (Lipinski definition) is 4. The van der Waals surface area contributed by atoms with Gasteiger partial charge < -0.3 is 20.6 Å². The molecule has 1 heterocycles. The second-order valence-electron chi connectivity index (χ2n) is 3.83. The number of benzene rings is 1. The molecule has 2 unspecified atom stereocenters. The molecule has 0 saturated carbocycles. The van der Waals surface area contributed by atoms with Crippen molar-refractivity contribution in [3.05, 3.63) is 34.9 Å². The van der Waals surface area contributed by atoms with E-state index in [1.54, 1.807) is 6.07 Å². The Labute approximate surface area is 96.5 Å². The van der Waals surface area contributed by atoms with Gasteiger partial charge in [-0.05, 0) is 17.2 Å². The van der Waals surface area contributed by atoms with Gasteiger partial charge in [0.05, 0.1) is 0 Å². The quantitative estimate of drug-likeness (QED) is 0.562. The van der Waals surface area contributed by atoms with Gasteiger partial charge in [-0.3, -0.25) is 4.79 Å². The molecule has 1 aromatic rings. The van der Waals surface area contributed by atoms with Gasteiger partial charge in [-0.2, -0.15) is 0 Å². The summed E-state index contributed by atoms with van der Waals surface area (Å²) in [4.78, 5) is 21.9. The van der Waals surface area contributed by atoms with Crippen molar-refractivity contribution >= 4 is 11.9 Å². The monoisotopic (exact) mass is 237 g/mol. The van der Waals surface area contributed by atoms with E-state index in [1.807, 2.05) is 0 Å². The van der Waals surface area contributed by atoms with Crippen LogP contribution in [-0.4, -0.2) is 33.3 Å². The number of carboxylic acid groups (broad SMARTS) is 1. The van der Waals surface area contributed by atoms with Crippen LogP contribution in [0.2, 0.25) is 0 Å². The average Bonchev–Trinajstić information content (AvgIpc) is 2.68. The molecule has 0 radical (unpaired) electrons. The average molecular weight is 237 g/mol. The number of fused-ring (bicyclic) bond motifs is 1. The highest BCUT2D eigenvalue weighted by atomic mass is 16.4. The van der Waals surface area contributed by atoms with E-state index in [0.717, 1.165) is 5.56 Å². The van der Waals surface area contributed by atoms with Crippen LogP contribution < -0.4 is 5.32 Å². The first-order valence-corrected chi connectivity index (χ1v) is 5.00. The van der Waals surface area contributed by atoms with E-state index >= 15 is 0 Å². The maximum atomic E-state index is 11.4. The predicted molar refractivity (Wildman–Crippen MR) is 56.2 cm³/mol. The first-order valence-electron chi connectivity index (χ1n) is 5.00. The van der Waals surface area contributed by atoms with E-state index in [2.05, 4.69) is 5.32 Å². The van der Waals surface area contributed by atoms with Crippen molar-refractivity contribution < 1.29 is 24.9 Å². The van der Waals surface area contributed by atoms with Crippen molar-refractivity contribution in [2.24, 2.45) is 0 Å². The van der Waals surface area contributed by atoms with Crippen LogP contribution in [0, 0.1) is 0 Å². The molecule has 6 heteroatoms. The third-order valence-electron chi connectivity index (χ3n) is 2.71. The van der Waals surface area contributed by atoms with E-state index in [-0.39, 0.29) is 11.5 Å². The fourth-order valence-corrected chi connectivity index (χ4v) is 1.73. The maximum absolute atomic E-state index is 11.4. The summed E-state index contributed by atoms with van der Waals surface area (Å²) in [7, 11) is 0. The molecule has 0 bridgehead atoms. The topological polar surface area (TPSA) is 107 Å². The lowest BCUT2D eigenvalue weighted by Gasteiger charge is -2.14. The van der Waals surface area contributed by atoms with E-state index in [4.69, 9.17) is 5.11 Å². The molecule has 1 aliphatic rings. The smallest absolute Gasteiger partial charge is 0.335 e. The summed E-state index contributed by atoms with van der Waals surface area (Å²) < 4.78 is 0. The van der Waals surface area contributed by atoms with Crippen LogP contribution in [0.1, 0.15) is 27.6 Å². The highest BCUT2D eigenvalue weighted by Gasteiger charge is 2.27. The second-order valence-corrected chi connectivity index (χ2v) is 3.83. The van der Waals surface area contributed by atoms with Crippen molar-refractivity contribution in [1.82, 2.24) is 5.32 Å². The summed E-state index contributed by atoms with van der Waals surface area (Å²) in [5, 5.41) is 30.0. The Morgan fingerprint density at radius 3 is 2.71 bits per heavy atom. The van der Waals surface area contributed by atoms with E-state index in [1.165, 1.54) is 12.1 Å². The highest BCUT2D eigenvalue weighted by molar-refractivity contribution is 5.98. The summed E-state index contributed by atoms with van der Waals surface area (Å²) in [5.74, 6) is -1.78. The Hall–Kier alpha value is -1.92. The fraction of sp³-hybridized carbons (Fsp3) is 0.273. The minimum atomic E-state index is -1.91. The normalized spacial score (nSPS) is 17.2. The number of hydrogen-bond donors (Lipinski definition) is 4. The van der Waals surface area contributed by atoms with Crippen LogP contribution in [0.4, 0.5) is 0 Å². The number of amides is 1. The molecule has 17 heavy (non-hydrogen) atoms. The lowest BCUT2D eigenvalue weighted by molar-refractivity contribution is -0.153. The molecule has 0 saturated heterocycles. The van der Waals surface area contributed by atoms with Gasteiger partial charge in [-0.1, -0.05) is 12.1 Å². The van der Waals surface area contributed by atoms with Crippen LogP contribution in [0.5, 0.6) is 0 Å². The Bertz CT molecular complexity index is 485. The largest absolute Gasteiger partial charge is 0.479 e. The first-order chi connectivity index (χ1) is 8.00. The highest BCUT2D eigenvalue weighted by Crippen LogP contribution is 2.23. The molecule has 0 fully saturated rings. The molecule has 6 nitrogen and oxygen atoms in total. The molecule has 1 aliphatic heterocycles. The maximum Gasteiger partial charge on any atom is 0.335 e. The third kappa shape index (κ3) is 2.00. The summed E-state index contributed by atoms with van der Waals surface area (Å²) >= 11 is 0. The van der Waals surface area contributed by atoms with Crippen molar-refractivity contribution in [2.45, 2.75) is 18.8 Å². The fourth-order valence-electron chi connectivity index (χ4n) is 1.73. The summed E-state index contributed by atoms with van der Waals surface area (Å²) in [5.41, 5.74) is 1.39. The van der Waals surface area contributed by atoms with Gasteiger partial charge in [0.2, 0.25) is 0 Å². The molecular weight excluding hydrogens is 226 g/mol. The Morgan fingerprint density at radius 2 is 2.06 bits per heavy atom. The van der Waals surface area contributed by atoms with Crippen LogP contribution in [0.15, 0.2) is 18.2 Å². The molecule has 1 amide bonds. The second kappa shape index (κ2) is 4.15. The molecule has 0 aromatic heterocycles. The van der Waals surface area contributed by atoms with Gasteiger partial charge >= 0.3 is 5.97 Å². The van der Waals surface area contributed by atoms with Gasteiger partial charge in [0, 0.05) is 12.1 Å². The number of carbonyl (C=O) groups is 2. The standard InChI is InChI=1S/C11H11NO5/c13-8(9(14)11(16)17)5-1-2-6-4-12-10(15)7(6)3-5/h1-3,8-9,13-14H,4H2,(H,12,15)(H,16,17). The molecule has 2 rings (SSSR count). The lowest BCUT2D eigenvalue weighted by Crippen LogP contribution is -2.27. The summed E-state index contributed by atoms with van der Waals surface area (Å²) in [6.07, 6.45) is -3.45. The van der Waals surface area contributed by atoms with Gasteiger partial charge in [0.15, 0.2) is 6.10 Å². The van der Waals surface area contributed by atoms with Crippen molar-refractivity contribution in [3.8, 4) is 0 Å². The van der Waals surface area contributed by atoms with E-state index in [0.29, 0.717) is 12.1 Å². The van der Waals surface area contributed by atoms with E-state index in [9.17, 15) is 19.8 Å². The lowest BCUT2D eigenvalue weighted by atomic mass is 9.99. The minimum absolute atomic E-state index is 0.204. The Kier molecular flexibility index (Phi) is 2.83. The molecule has 4 N–H and O–H groups in total. The van der Waals surface area contributed by atoms with Gasteiger partial charge in [0.25, 0.3) is 5.91 Å². The van der Waals surface area contributed by atoms with Gasteiger partial charge in [0.1, 0.15) is 6.10 Å². The molecular formula is C11H11NO5. The van der Waals surface area contributed by atoms with Gasteiger partial charge in [-0.25, -0.2) is 4.79 Å². The number of aliphatic carboxylic acids is 1. The summed E-state index contributed by atoms with van der Waals surface area (Å²) in [6.45, 7) is 0.423. The Morgan fingerprint density at radius 1 is 1.35 bits per heavy atom. The summed E-state index contributed by atoms with van der Waals surface area (Å²) in [6, 6.07) is 4.52. The van der Waals surface area contributed by atoms with E-state index < -0.39 is 18.2 Å². The van der Waals surface area contributed by atoms with Crippen LogP contribution in [0.25, 0.3) is 0 Å². The first kappa shape index (κ1) is 11.6.